The summed E-state index contributed by atoms with van der Waals surface area (Å²) in [5, 5.41) is 6.17. The average Bonchev–Trinajstić information content (AvgIpc) is 2.47. The third-order valence-electron chi connectivity index (χ3n) is 4.14. The van der Waals surface area contributed by atoms with Gasteiger partial charge in [0.15, 0.2) is 0 Å². The number of hydrogen-bond acceptors (Lipinski definition) is 3. The van der Waals surface area contributed by atoms with Crippen molar-refractivity contribution < 1.29 is 0 Å². The highest BCUT2D eigenvalue weighted by Gasteiger charge is 2.20. The average molecular weight is 283 g/mol. The molecule has 1 unspecified atom stereocenters. The first-order chi connectivity index (χ1) is 10.2. The van der Waals surface area contributed by atoms with E-state index in [0.717, 1.165) is 12.5 Å². The first kappa shape index (κ1) is 14.3. The van der Waals surface area contributed by atoms with Gasteiger partial charge < -0.3 is 10.2 Å². The van der Waals surface area contributed by atoms with Gasteiger partial charge in [0.25, 0.3) is 0 Å². The minimum Gasteiger partial charge on any atom is -0.381 e. The zero-order valence-electron chi connectivity index (χ0n) is 13.0. The minimum atomic E-state index is 0.566. The van der Waals surface area contributed by atoms with Crippen molar-refractivity contribution in [1.29, 1.82) is 0 Å². The van der Waals surface area contributed by atoms with Gasteiger partial charge >= 0.3 is 0 Å². The fourth-order valence-corrected chi connectivity index (χ4v) is 3.26. The third kappa shape index (κ3) is 3.73. The molecule has 0 spiro atoms. The van der Waals surface area contributed by atoms with Crippen LogP contribution in [0.5, 0.6) is 0 Å². The van der Waals surface area contributed by atoms with Gasteiger partial charge in [0.2, 0.25) is 0 Å². The van der Waals surface area contributed by atoms with Crippen molar-refractivity contribution in [2.24, 2.45) is 5.92 Å². The smallest absolute Gasteiger partial charge is 0.0388 e. The molecule has 1 fully saturated rings. The number of nitrogens with one attached hydrogen (secondary N) is 1. The van der Waals surface area contributed by atoms with Crippen LogP contribution in [0, 0.1) is 5.92 Å². The summed E-state index contributed by atoms with van der Waals surface area (Å²) >= 11 is 0. The Hall–Kier alpha value is -1.61. The van der Waals surface area contributed by atoms with Gasteiger partial charge in [0.05, 0.1) is 0 Å². The molecule has 0 saturated carbocycles. The van der Waals surface area contributed by atoms with E-state index < -0.39 is 0 Å². The molecule has 1 aromatic carbocycles. The highest BCUT2D eigenvalue weighted by molar-refractivity contribution is 5.84. The summed E-state index contributed by atoms with van der Waals surface area (Å²) in [5.41, 5.74) is 1.23. The molecule has 1 atom stereocenters. The minimum absolute atomic E-state index is 0.566. The third-order valence-corrected chi connectivity index (χ3v) is 4.14. The van der Waals surface area contributed by atoms with E-state index in [4.69, 9.17) is 0 Å². The molecular weight excluding hydrogens is 258 g/mol. The summed E-state index contributed by atoms with van der Waals surface area (Å²) in [6, 6.07) is 9.20. The molecule has 3 heteroatoms. The predicted molar refractivity (Wildman–Crippen MR) is 89.7 cm³/mol. The van der Waals surface area contributed by atoms with E-state index in [1.54, 1.807) is 0 Å². The lowest BCUT2D eigenvalue weighted by atomic mass is 10.0. The molecule has 0 radical (unpaired) electrons. The summed E-state index contributed by atoms with van der Waals surface area (Å²) in [4.78, 5) is 6.76. The van der Waals surface area contributed by atoms with Crippen LogP contribution in [-0.4, -0.2) is 35.6 Å². The maximum absolute atomic E-state index is 4.17. The molecule has 2 heterocycles. The highest BCUT2D eigenvalue weighted by Crippen LogP contribution is 2.21. The van der Waals surface area contributed by atoms with Gasteiger partial charge in [-0.25, -0.2) is 0 Å². The van der Waals surface area contributed by atoms with Crippen LogP contribution >= 0.6 is 0 Å². The topological polar surface area (TPSA) is 28.2 Å². The number of aromatic nitrogens is 1. The van der Waals surface area contributed by atoms with Gasteiger partial charge in [-0.1, -0.05) is 19.9 Å². The molecule has 1 aromatic heterocycles. The lowest BCUT2D eigenvalue weighted by Gasteiger charge is -2.34. The summed E-state index contributed by atoms with van der Waals surface area (Å²) in [7, 11) is 0. The van der Waals surface area contributed by atoms with Crippen LogP contribution in [0.3, 0.4) is 0 Å². The molecule has 1 aliphatic rings. The molecule has 0 aliphatic carbocycles. The molecular formula is C18H25N3. The highest BCUT2D eigenvalue weighted by atomic mass is 15.2. The van der Waals surface area contributed by atoms with Crippen LogP contribution in [0.15, 0.2) is 36.7 Å². The zero-order chi connectivity index (χ0) is 14.7. The quantitative estimate of drug-likeness (QED) is 0.926. The molecule has 1 saturated heterocycles. The van der Waals surface area contributed by atoms with Crippen LogP contribution < -0.4 is 5.32 Å². The largest absolute Gasteiger partial charge is 0.381 e. The molecule has 1 aliphatic heterocycles. The van der Waals surface area contributed by atoms with Crippen molar-refractivity contribution in [3.63, 3.8) is 0 Å². The van der Waals surface area contributed by atoms with Gasteiger partial charge in [0.1, 0.15) is 0 Å². The maximum Gasteiger partial charge on any atom is 0.0388 e. The van der Waals surface area contributed by atoms with E-state index in [1.807, 2.05) is 12.4 Å². The Balaban J connectivity index is 1.66. The number of anilines is 1. The van der Waals surface area contributed by atoms with E-state index in [-0.39, 0.29) is 0 Å². The Morgan fingerprint density at radius 3 is 3.05 bits per heavy atom. The molecule has 3 nitrogen and oxygen atoms in total. The van der Waals surface area contributed by atoms with E-state index in [9.17, 15) is 0 Å². The second kappa shape index (κ2) is 6.44. The van der Waals surface area contributed by atoms with Crippen molar-refractivity contribution in [1.82, 2.24) is 9.88 Å². The first-order valence-electron chi connectivity index (χ1n) is 8.03. The number of benzene rings is 1. The van der Waals surface area contributed by atoms with Gasteiger partial charge in [-0.05, 0) is 48.9 Å². The van der Waals surface area contributed by atoms with Gasteiger partial charge in [-0.2, -0.15) is 0 Å². The predicted octanol–water partition coefficient (Wildman–Crippen LogP) is 3.77. The fourth-order valence-electron chi connectivity index (χ4n) is 3.26. The standard InChI is InChI=1S/C18H25N3/c1-14(2)12-21-9-3-4-18(13-21)20-17-6-5-16-11-19-8-7-15(16)10-17/h5-8,10-11,14,18,20H,3-4,9,12-13H2,1-2H3. The van der Waals surface area contributed by atoms with Crippen LogP contribution in [0.2, 0.25) is 0 Å². The number of nitrogens with zero attached hydrogens (tertiary/aromatic N) is 2. The monoisotopic (exact) mass is 283 g/mol. The Morgan fingerprint density at radius 2 is 2.19 bits per heavy atom. The number of hydrogen-bond donors (Lipinski definition) is 1. The van der Waals surface area contributed by atoms with Crippen molar-refractivity contribution in [2.75, 3.05) is 25.0 Å². The Labute approximate surface area is 127 Å². The van der Waals surface area contributed by atoms with Crippen molar-refractivity contribution in [3.05, 3.63) is 36.7 Å². The van der Waals surface area contributed by atoms with Crippen molar-refractivity contribution in [2.45, 2.75) is 32.7 Å². The fraction of sp³-hybridized carbons (Fsp3) is 0.500. The van der Waals surface area contributed by atoms with Crippen LogP contribution in [0.4, 0.5) is 5.69 Å². The second-order valence-corrected chi connectivity index (χ2v) is 6.57. The Morgan fingerprint density at radius 1 is 1.29 bits per heavy atom. The Kier molecular flexibility index (Phi) is 4.39. The Bertz CT molecular complexity index is 594. The molecule has 0 bridgehead atoms. The van der Waals surface area contributed by atoms with Gasteiger partial charge in [0, 0.05) is 42.6 Å². The molecule has 21 heavy (non-hydrogen) atoms. The summed E-state index contributed by atoms with van der Waals surface area (Å²) < 4.78 is 0. The number of likely N-dealkylation sites (tertiary alicyclic amines) is 1. The van der Waals surface area contributed by atoms with E-state index in [0.29, 0.717) is 6.04 Å². The SMILES string of the molecule is CC(C)CN1CCCC(Nc2ccc3cnccc3c2)C1. The van der Waals surface area contributed by atoms with Gasteiger partial charge in [-0.15, -0.1) is 0 Å². The molecule has 0 amide bonds. The maximum atomic E-state index is 4.17. The molecule has 2 aromatic rings. The van der Waals surface area contributed by atoms with Crippen LogP contribution in [0.1, 0.15) is 26.7 Å². The summed E-state index contributed by atoms with van der Waals surface area (Å²) in [6.45, 7) is 8.22. The zero-order valence-corrected chi connectivity index (χ0v) is 13.0. The number of rotatable bonds is 4. The molecule has 1 N–H and O–H groups in total. The van der Waals surface area contributed by atoms with Crippen molar-refractivity contribution in [3.8, 4) is 0 Å². The van der Waals surface area contributed by atoms with Crippen LogP contribution in [-0.2, 0) is 0 Å². The van der Waals surface area contributed by atoms with Crippen molar-refractivity contribution >= 4 is 16.5 Å². The van der Waals surface area contributed by atoms with E-state index >= 15 is 0 Å². The van der Waals surface area contributed by atoms with E-state index in [1.165, 1.54) is 42.4 Å². The number of piperidine rings is 1. The van der Waals surface area contributed by atoms with E-state index in [2.05, 4.69) is 53.3 Å². The second-order valence-electron chi connectivity index (χ2n) is 6.57. The normalized spacial score (nSPS) is 20.0. The van der Waals surface area contributed by atoms with Gasteiger partial charge in [-0.3, -0.25) is 4.98 Å². The lowest BCUT2D eigenvalue weighted by molar-refractivity contribution is 0.195. The molecule has 3 rings (SSSR count). The number of fused-ring (bicyclic) bond motifs is 1. The van der Waals surface area contributed by atoms with Crippen LogP contribution in [0.25, 0.3) is 10.8 Å². The molecule has 112 valence electrons. The lowest BCUT2D eigenvalue weighted by Crippen LogP contribution is -2.43. The number of pyridine rings is 1. The summed E-state index contributed by atoms with van der Waals surface area (Å²) in [6.07, 6.45) is 6.34. The first-order valence-corrected chi connectivity index (χ1v) is 8.03. The summed E-state index contributed by atoms with van der Waals surface area (Å²) in [5.74, 6) is 0.747.